The number of carbonyl (C=O) groups excluding carboxylic acids is 2. The third-order valence-corrected chi connectivity index (χ3v) is 5.98. The average Bonchev–Trinajstić information content (AvgIpc) is 2.73. The van der Waals surface area contributed by atoms with Gasteiger partial charge in [-0.25, -0.2) is 0 Å². The highest BCUT2D eigenvalue weighted by Gasteiger charge is 2.33. The molecule has 146 valence electrons. The molecule has 1 aliphatic rings. The maximum atomic E-state index is 12.9. The number of thioether (sulfide) groups is 1. The molecule has 0 saturated heterocycles. The molecule has 0 spiro atoms. The van der Waals surface area contributed by atoms with Gasteiger partial charge in [-0.3, -0.25) is 9.59 Å². The molecule has 1 atom stereocenters. The summed E-state index contributed by atoms with van der Waals surface area (Å²) in [6.45, 7) is 0. The number of aromatic hydroxyl groups is 1. The molecule has 1 heterocycles. The van der Waals surface area contributed by atoms with Gasteiger partial charge in [0, 0.05) is 27.0 Å². The molecular weight excluding hydrogens is 408 g/mol. The van der Waals surface area contributed by atoms with Gasteiger partial charge < -0.3 is 9.84 Å². The van der Waals surface area contributed by atoms with Crippen LogP contribution in [0.2, 0.25) is 5.02 Å². The zero-order chi connectivity index (χ0) is 20.5. The molecule has 1 N–H and O–H groups in total. The van der Waals surface area contributed by atoms with Crippen molar-refractivity contribution in [2.75, 3.05) is 6.26 Å². The molecule has 1 unspecified atom stereocenters. The molecule has 0 bridgehead atoms. The molecule has 3 aromatic rings. The number of carbonyl (C=O) groups is 2. The average molecular weight is 425 g/mol. The molecule has 0 radical (unpaired) electrons. The van der Waals surface area contributed by atoms with Gasteiger partial charge in [0.1, 0.15) is 11.5 Å². The van der Waals surface area contributed by atoms with Crippen molar-refractivity contribution < 1.29 is 19.4 Å². The summed E-state index contributed by atoms with van der Waals surface area (Å²) in [5.41, 5.74) is 1.92. The van der Waals surface area contributed by atoms with Crippen molar-refractivity contribution in [1.82, 2.24) is 0 Å². The van der Waals surface area contributed by atoms with Crippen molar-refractivity contribution in [3.8, 4) is 11.5 Å². The fourth-order valence-corrected chi connectivity index (χ4v) is 4.04. The van der Waals surface area contributed by atoms with Crippen LogP contribution in [-0.4, -0.2) is 23.1 Å². The van der Waals surface area contributed by atoms with Crippen molar-refractivity contribution in [3.63, 3.8) is 0 Å². The van der Waals surface area contributed by atoms with Crippen LogP contribution < -0.4 is 4.74 Å². The number of rotatable bonds is 4. The van der Waals surface area contributed by atoms with Gasteiger partial charge in [0.05, 0.1) is 12.0 Å². The van der Waals surface area contributed by atoms with E-state index in [9.17, 15) is 14.7 Å². The summed E-state index contributed by atoms with van der Waals surface area (Å²) >= 11 is 7.52. The Hall–Kier alpha value is -2.76. The van der Waals surface area contributed by atoms with Crippen LogP contribution in [0.1, 0.15) is 39.4 Å². The zero-order valence-corrected chi connectivity index (χ0v) is 17.1. The van der Waals surface area contributed by atoms with Crippen LogP contribution in [0.4, 0.5) is 0 Å². The van der Waals surface area contributed by atoms with Crippen LogP contribution >= 0.6 is 23.4 Å². The summed E-state index contributed by atoms with van der Waals surface area (Å²) < 4.78 is 5.33. The van der Waals surface area contributed by atoms with Gasteiger partial charge in [0.2, 0.25) is 0 Å². The second-order valence-corrected chi connectivity index (χ2v) is 8.03. The number of benzene rings is 3. The zero-order valence-electron chi connectivity index (χ0n) is 15.5. The fraction of sp³-hybridized carbons (Fsp3) is 0.130. The number of hydrogen-bond acceptors (Lipinski definition) is 5. The van der Waals surface area contributed by atoms with Gasteiger partial charge in [0.15, 0.2) is 5.78 Å². The largest absolute Gasteiger partial charge is 0.507 e. The van der Waals surface area contributed by atoms with Crippen molar-refractivity contribution in [2.45, 2.75) is 17.2 Å². The third-order valence-electron chi connectivity index (χ3n) is 4.99. The lowest BCUT2D eigenvalue weighted by Gasteiger charge is -2.26. The van der Waals surface area contributed by atoms with Gasteiger partial charge in [0.25, 0.3) is 0 Å². The van der Waals surface area contributed by atoms with Crippen molar-refractivity contribution in [2.24, 2.45) is 0 Å². The molecule has 29 heavy (non-hydrogen) atoms. The van der Waals surface area contributed by atoms with Crippen LogP contribution in [0.3, 0.4) is 0 Å². The van der Waals surface area contributed by atoms with Crippen LogP contribution in [-0.2, 0) is 4.79 Å². The number of hydrogen-bond donors (Lipinski definition) is 1. The molecule has 0 fully saturated rings. The number of ketones is 1. The summed E-state index contributed by atoms with van der Waals surface area (Å²) in [6.07, 6.45) is 2.08. The number of fused-ring (bicyclic) bond motifs is 1. The van der Waals surface area contributed by atoms with Crippen LogP contribution in [0, 0.1) is 0 Å². The first-order chi connectivity index (χ1) is 14.0. The second-order valence-electron chi connectivity index (χ2n) is 6.71. The maximum Gasteiger partial charge on any atom is 0.312 e. The highest BCUT2D eigenvalue weighted by molar-refractivity contribution is 7.98. The Labute approximate surface area is 177 Å². The number of phenols is 1. The van der Waals surface area contributed by atoms with Crippen LogP contribution in [0.15, 0.2) is 65.6 Å². The molecule has 3 aromatic carbocycles. The van der Waals surface area contributed by atoms with E-state index in [2.05, 4.69) is 0 Å². The monoisotopic (exact) mass is 424 g/mol. The van der Waals surface area contributed by atoms with Gasteiger partial charge in [-0.1, -0.05) is 23.7 Å². The number of halogens is 1. The van der Waals surface area contributed by atoms with E-state index in [1.165, 1.54) is 6.07 Å². The number of esters is 1. The molecule has 0 amide bonds. The third kappa shape index (κ3) is 3.76. The first kappa shape index (κ1) is 19.6. The topological polar surface area (TPSA) is 63.6 Å². The van der Waals surface area contributed by atoms with Crippen molar-refractivity contribution in [3.05, 3.63) is 87.9 Å². The molecule has 6 heteroatoms. The van der Waals surface area contributed by atoms with Gasteiger partial charge >= 0.3 is 5.97 Å². The summed E-state index contributed by atoms with van der Waals surface area (Å²) in [6, 6.07) is 17.3. The minimum atomic E-state index is -0.389. The summed E-state index contributed by atoms with van der Waals surface area (Å²) in [5, 5.41) is 11.5. The molecule has 1 aliphatic heterocycles. The molecule has 4 nitrogen and oxygen atoms in total. The summed E-state index contributed by atoms with van der Waals surface area (Å²) in [4.78, 5) is 26.2. The molecule has 0 aliphatic carbocycles. The highest BCUT2D eigenvalue weighted by atomic mass is 35.5. The van der Waals surface area contributed by atoms with Gasteiger partial charge in [-0.2, -0.15) is 0 Å². The Morgan fingerprint density at radius 3 is 2.41 bits per heavy atom. The Balaban J connectivity index is 1.80. The van der Waals surface area contributed by atoms with Crippen molar-refractivity contribution in [1.29, 1.82) is 0 Å². The van der Waals surface area contributed by atoms with Crippen LogP contribution in [0.25, 0.3) is 0 Å². The quantitative estimate of drug-likeness (QED) is 0.261. The minimum Gasteiger partial charge on any atom is -0.507 e. The Bertz CT molecular complexity index is 1090. The minimum absolute atomic E-state index is 0.0950. The summed E-state index contributed by atoms with van der Waals surface area (Å²) in [5.74, 6) is -0.956. The summed E-state index contributed by atoms with van der Waals surface area (Å²) in [7, 11) is 0. The van der Waals surface area contributed by atoms with E-state index in [0.717, 1.165) is 10.5 Å². The lowest BCUT2D eigenvalue weighted by Crippen LogP contribution is -2.22. The first-order valence-corrected chi connectivity index (χ1v) is 10.6. The highest BCUT2D eigenvalue weighted by Crippen LogP contribution is 2.45. The molecule has 4 rings (SSSR count). The molecule has 0 aromatic heterocycles. The van der Waals surface area contributed by atoms with Gasteiger partial charge in [-0.15, -0.1) is 11.8 Å². The van der Waals surface area contributed by atoms with E-state index in [0.29, 0.717) is 16.1 Å². The van der Waals surface area contributed by atoms with E-state index in [1.54, 1.807) is 42.1 Å². The normalized spacial score (nSPS) is 15.5. The number of phenolic OH excluding ortho intramolecular Hbond substituents is 1. The Morgan fingerprint density at radius 2 is 1.76 bits per heavy atom. The lowest BCUT2D eigenvalue weighted by molar-refractivity contribution is -0.135. The maximum absolute atomic E-state index is 12.9. The SMILES string of the molecule is CSc1ccc(C2CC(=O)Oc3ccc(C(=O)c4ccc(Cl)cc4)c(O)c32)cc1. The second kappa shape index (κ2) is 7.93. The van der Waals surface area contributed by atoms with E-state index in [1.807, 2.05) is 30.5 Å². The standard InChI is InChI=1S/C23H17ClO4S/c1-29-16-8-4-13(5-9-16)18-12-20(25)28-19-11-10-17(23(27)21(18)19)22(26)14-2-6-15(24)7-3-14/h2-11,18,27H,12H2,1H3. The van der Waals surface area contributed by atoms with E-state index >= 15 is 0 Å². The Kier molecular flexibility index (Phi) is 5.35. The van der Waals surface area contributed by atoms with E-state index in [-0.39, 0.29) is 41.2 Å². The van der Waals surface area contributed by atoms with Gasteiger partial charge in [-0.05, 0) is 60.4 Å². The smallest absolute Gasteiger partial charge is 0.312 e. The van der Waals surface area contributed by atoms with E-state index in [4.69, 9.17) is 16.3 Å². The first-order valence-electron chi connectivity index (χ1n) is 8.98. The molecule has 0 saturated carbocycles. The van der Waals surface area contributed by atoms with Crippen LogP contribution in [0.5, 0.6) is 11.5 Å². The number of ether oxygens (including phenoxy) is 1. The predicted molar refractivity (Wildman–Crippen MR) is 113 cm³/mol. The van der Waals surface area contributed by atoms with Crippen molar-refractivity contribution >= 4 is 35.1 Å². The van der Waals surface area contributed by atoms with E-state index < -0.39 is 0 Å². The predicted octanol–water partition coefficient (Wildman–Crippen LogP) is 5.44. The molecular formula is C23H17ClO4S. The lowest BCUT2D eigenvalue weighted by atomic mass is 9.84. The Morgan fingerprint density at radius 1 is 1.07 bits per heavy atom. The fourth-order valence-electron chi connectivity index (χ4n) is 3.51.